The van der Waals surface area contributed by atoms with Crippen molar-refractivity contribution in [1.82, 2.24) is 10.2 Å². The van der Waals surface area contributed by atoms with Crippen LogP contribution < -0.4 is 10.2 Å². The van der Waals surface area contributed by atoms with Gasteiger partial charge in [0.1, 0.15) is 5.82 Å². The van der Waals surface area contributed by atoms with Gasteiger partial charge in [0.2, 0.25) is 0 Å². The summed E-state index contributed by atoms with van der Waals surface area (Å²) in [5.41, 5.74) is 1.21. The Balaban J connectivity index is 2.06. The second-order valence-corrected chi connectivity index (χ2v) is 6.04. The molecule has 0 amide bonds. The number of hydrogen-bond donors (Lipinski definition) is 1. The van der Waals surface area contributed by atoms with Gasteiger partial charge in [-0.15, -0.1) is 0 Å². The summed E-state index contributed by atoms with van der Waals surface area (Å²) < 4.78 is 13.0. The van der Waals surface area contributed by atoms with Gasteiger partial charge in [-0.05, 0) is 45.0 Å². The summed E-state index contributed by atoms with van der Waals surface area (Å²) in [4.78, 5) is 4.86. The molecule has 1 aliphatic heterocycles. The molecule has 1 aromatic rings. The van der Waals surface area contributed by atoms with Gasteiger partial charge in [0.25, 0.3) is 0 Å². The van der Waals surface area contributed by atoms with Gasteiger partial charge in [-0.3, -0.25) is 4.90 Å². The first-order valence-electron chi connectivity index (χ1n) is 7.49. The van der Waals surface area contributed by atoms with Gasteiger partial charge in [-0.1, -0.05) is 0 Å². The SMILES string of the molecule is CCN(CC(C)(C)N1CCNCC1)c1ccc(F)cc1. The summed E-state index contributed by atoms with van der Waals surface area (Å²) in [5.74, 6) is -0.175. The van der Waals surface area contributed by atoms with Gasteiger partial charge < -0.3 is 10.2 Å². The van der Waals surface area contributed by atoms with Gasteiger partial charge in [-0.25, -0.2) is 4.39 Å². The van der Waals surface area contributed by atoms with Crippen LogP contribution in [0.4, 0.5) is 10.1 Å². The Morgan fingerprint density at radius 1 is 1.20 bits per heavy atom. The van der Waals surface area contributed by atoms with Crippen molar-refractivity contribution < 1.29 is 4.39 Å². The predicted octanol–water partition coefficient (Wildman–Crippen LogP) is 2.34. The normalized spacial score (nSPS) is 17.2. The minimum absolute atomic E-state index is 0.118. The highest BCUT2D eigenvalue weighted by Crippen LogP contribution is 2.22. The van der Waals surface area contributed by atoms with E-state index in [1.165, 1.54) is 12.1 Å². The maximum atomic E-state index is 13.0. The lowest BCUT2D eigenvalue weighted by Gasteiger charge is -2.44. The number of nitrogens with zero attached hydrogens (tertiary/aromatic N) is 2. The van der Waals surface area contributed by atoms with Crippen LogP contribution in [-0.2, 0) is 0 Å². The maximum absolute atomic E-state index is 13.0. The van der Waals surface area contributed by atoms with E-state index in [0.29, 0.717) is 0 Å². The van der Waals surface area contributed by atoms with Crippen molar-refractivity contribution in [2.45, 2.75) is 26.3 Å². The molecule has 1 N–H and O–H groups in total. The van der Waals surface area contributed by atoms with E-state index < -0.39 is 0 Å². The zero-order valence-corrected chi connectivity index (χ0v) is 12.8. The Labute approximate surface area is 121 Å². The van der Waals surface area contributed by atoms with Gasteiger partial charge >= 0.3 is 0 Å². The molecule has 0 spiro atoms. The fourth-order valence-electron chi connectivity index (χ4n) is 2.87. The Hall–Kier alpha value is -1.13. The molecule has 1 aromatic carbocycles. The van der Waals surface area contributed by atoms with Crippen molar-refractivity contribution in [3.05, 3.63) is 30.1 Å². The quantitative estimate of drug-likeness (QED) is 0.892. The van der Waals surface area contributed by atoms with Gasteiger partial charge in [0.05, 0.1) is 0 Å². The average Bonchev–Trinajstić information content (AvgIpc) is 2.47. The largest absolute Gasteiger partial charge is 0.370 e. The first-order chi connectivity index (χ1) is 9.53. The fraction of sp³-hybridized carbons (Fsp3) is 0.625. The van der Waals surface area contributed by atoms with Crippen LogP contribution in [0.1, 0.15) is 20.8 Å². The highest BCUT2D eigenvalue weighted by atomic mass is 19.1. The number of benzene rings is 1. The molecule has 0 aromatic heterocycles. The Kier molecular flexibility index (Phi) is 5.00. The molecule has 0 radical (unpaired) electrons. The van der Waals surface area contributed by atoms with Crippen molar-refractivity contribution in [2.75, 3.05) is 44.2 Å². The van der Waals surface area contributed by atoms with E-state index in [0.717, 1.165) is 45.0 Å². The monoisotopic (exact) mass is 279 g/mol. The molecule has 112 valence electrons. The summed E-state index contributed by atoms with van der Waals surface area (Å²) in [6.07, 6.45) is 0. The highest BCUT2D eigenvalue weighted by Gasteiger charge is 2.29. The topological polar surface area (TPSA) is 18.5 Å². The summed E-state index contributed by atoms with van der Waals surface area (Å²) in [6, 6.07) is 6.81. The van der Waals surface area contributed by atoms with Gasteiger partial charge in [-0.2, -0.15) is 0 Å². The highest BCUT2D eigenvalue weighted by molar-refractivity contribution is 5.46. The first-order valence-corrected chi connectivity index (χ1v) is 7.49. The lowest BCUT2D eigenvalue weighted by molar-refractivity contribution is 0.108. The van der Waals surface area contributed by atoms with Crippen LogP contribution in [0, 0.1) is 5.82 Å². The number of anilines is 1. The van der Waals surface area contributed by atoms with Gasteiger partial charge in [0.15, 0.2) is 0 Å². The molecule has 0 bridgehead atoms. The van der Waals surface area contributed by atoms with Gasteiger partial charge in [0, 0.05) is 50.5 Å². The number of hydrogen-bond acceptors (Lipinski definition) is 3. The number of halogens is 1. The summed E-state index contributed by atoms with van der Waals surface area (Å²) in [7, 11) is 0. The van der Waals surface area contributed by atoms with E-state index >= 15 is 0 Å². The second kappa shape index (κ2) is 6.55. The molecule has 0 saturated carbocycles. The molecule has 1 saturated heterocycles. The molecule has 2 rings (SSSR count). The fourth-order valence-corrected chi connectivity index (χ4v) is 2.87. The van der Waals surface area contributed by atoms with Crippen LogP contribution in [-0.4, -0.2) is 49.7 Å². The molecule has 1 fully saturated rings. The average molecular weight is 279 g/mol. The zero-order chi connectivity index (χ0) is 14.6. The van der Waals surface area contributed by atoms with Crippen molar-refractivity contribution in [3.63, 3.8) is 0 Å². The molecule has 1 aliphatic rings. The molecule has 0 atom stereocenters. The van der Waals surface area contributed by atoms with E-state index in [-0.39, 0.29) is 11.4 Å². The minimum atomic E-state index is -0.175. The van der Waals surface area contributed by atoms with E-state index in [2.05, 4.69) is 35.9 Å². The third-order valence-electron chi connectivity index (χ3n) is 4.12. The maximum Gasteiger partial charge on any atom is 0.123 e. The molecule has 4 heteroatoms. The summed E-state index contributed by atoms with van der Waals surface area (Å²) in [5, 5.41) is 3.40. The summed E-state index contributed by atoms with van der Waals surface area (Å²) >= 11 is 0. The minimum Gasteiger partial charge on any atom is -0.370 e. The van der Waals surface area contributed by atoms with Crippen LogP contribution in [0.25, 0.3) is 0 Å². The lowest BCUT2D eigenvalue weighted by Crippen LogP contribution is -2.57. The number of nitrogens with one attached hydrogen (secondary N) is 1. The van der Waals surface area contributed by atoms with Crippen molar-refractivity contribution in [1.29, 1.82) is 0 Å². The smallest absolute Gasteiger partial charge is 0.123 e. The second-order valence-electron chi connectivity index (χ2n) is 6.04. The van der Waals surface area contributed by atoms with Crippen LogP contribution in [0.5, 0.6) is 0 Å². The Morgan fingerprint density at radius 2 is 1.80 bits per heavy atom. The first kappa shape index (κ1) is 15.3. The molecular weight excluding hydrogens is 253 g/mol. The Morgan fingerprint density at radius 3 is 2.35 bits per heavy atom. The number of likely N-dealkylation sites (N-methyl/N-ethyl adjacent to an activating group) is 1. The zero-order valence-electron chi connectivity index (χ0n) is 12.8. The Bertz CT molecular complexity index is 410. The standard InChI is InChI=1S/C16H26FN3/c1-4-19(15-7-5-14(17)6-8-15)13-16(2,3)20-11-9-18-10-12-20/h5-8,18H,4,9-13H2,1-3H3. The van der Waals surface area contributed by atoms with E-state index in [4.69, 9.17) is 0 Å². The number of piperazine rings is 1. The molecule has 20 heavy (non-hydrogen) atoms. The molecule has 1 heterocycles. The molecule has 0 unspecified atom stereocenters. The molecule has 3 nitrogen and oxygen atoms in total. The van der Waals surface area contributed by atoms with E-state index in [9.17, 15) is 4.39 Å². The summed E-state index contributed by atoms with van der Waals surface area (Å²) in [6.45, 7) is 12.9. The molecule has 0 aliphatic carbocycles. The third-order valence-corrected chi connectivity index (χ3v) is 4.12. The van der Waals surface area contributed by atoms with E-state index in [1.54, 1.807) is 0 Å². The van der Waals surface area contributed by atoms with Crippen molar-refractivity contribution >= 4 is 5.69 Å². The van der Waals surface area contributed by atoms with Crippen LogP contribution in [0.15, 0.2) is 24.3 Å². The van der Waals surface area contributed by atoms with Crippen LogP contribution in [0.2, 0.25) is 0 Å². The van der Waals surface area contributed by atoms with Crippen LogP contribution in [0.3, 0.4) is 0 Å². The van der Waals surface area contributed by atoms with Crippen LogP contribution >= 0.6 is 0 Å². The number of rotatable bonds is 5. The van der Waals surface area contributed by atoms with Crippen molar-refractivity contribution in [2.24, 2.45) is 0 Å². The van der Waals surface area contributed by atoms with E-state index in [1.807, 2.05) is 12.1 Å². The van der Waals surface area contributed by atoms with Crippen molar-refractivity contribution in [3.8, 4) is 0 Å². The third kappa shape index (κ3) is 3.70. The predicted molar refractivity (Wildman–Crippen MR) is 82.8 cm³/mol. The molecular formula is C16H26FN3. The lowest BCUT2D eigenvalue weighted by atomic mass is 10.0.